The number of carbonyl (C=O) groups excluding carboxylic acids is 2. The Morgan fingerprint density at radius 1 is 1.17 bits per heavy atom. The Kier molecular flexibility index (Phi) is 5.84. The largest absolute Gasteiger partial charge is 0.493 e. The topological polar surface area (TPSA) is 108 Å². The van der Waals surface area contributed by atoms with Crippen LogP contribution in [0.15, 0.2) is 36.3 Å². The van der Waals surface area contributed by atoms with Gasteiger partial charge in [0.1, 0.15) is 18.1 Å². The van der Waals surface area contributed by atoms with E-state index in [2.05, 4.69) is 5.32 Å². The fourth-order valence-electron chi connectivity index (χ4n) is 4.20. The first-order valence-electron chi connectivity index (χ1n) is 10.1. The molecule has 2 aliphatic heterocycles. The zero-order valence-corrected chi connectivity index (χ0v) is 17.5. The van der Waals surface area contributed by atoms with E-state index in [1.165, 1.54) is 6.26 Å². The molecule has 1 aliphatic carbocycles. The number of carbonyl (C=O) groups is 2. The molecule has 0 bridgehead atoms. The van der Waals surface area contributed by atoms with Crippen LogP contribution >= 0.6 is 0 Å². The van der Waals surface area contributed by atoms with Crippen LogP contribution in [0, 0.1) is 5.92 Å². The minimum absolute atomic E-state index is 0.0243. The van der Waals surface area contributed by atoms with Crippen LogP contribution in [-0.2, 0) is 24.1 Å². The summed E-state index contributed by atoms with van der Waals surface area (Å²) in [6.45, 7) is 0. The fourth-order valence-corrected chi connectivity index (χ4v) is 5.87. The van der Waals surface area contributed by atoms with Crippen molar-refractivity contribution in [1.29, 1.82) is 0 Å². The van der Waals surface area contributed by atoms with E-state index in [1.807, 2.05) is 0 Å². The van der Waals surface area contributed by atoms with Gasteiger partial charge >= 0.3 is 0 Å². The first-order chi connectivity index (χ1) is 14.3. The molecule has 8 nitrogen and oxygen atoms in total. The summed E-state index contributed by atoms with van der Waals surface area (Å²) in [6, 6.07) is 6.00. The molecule has 0 spiro atoms. The molecule has 2 fully saturated rings. The predicted molar refractivity (Wildman–Crippen MR) is 108 cm³/mol. The van der Waals surface area contributed by atoms with Gasteiger partial charge in [0.25, 0.3) is 5.91 Å². The van der Waals surface area contributed by atoms with Gasteiger partial charge in [-0.15, -0.1) is 0 Å². The molecule has 1 N–H and O–H groups in total. The molecule has 30 heavy (non-hydrogen) atoms. The molecule has 9 heteroatoms. The Labute approximate surface area is 175 Å². The third-order valence-corrected chi connectivity index (χ3v) is 7.69. The number of ketones is 1. The van der Waals surface area contributed by atoms with Gasteiger partial charge in [-0.2, -0.15) is 0 Å². The lowest BCUT2D eigenvalue weighted by Crippen LogP contribution is -2.42. The van der Waals surface area contributed by atoms with Crippen molar-refractivity contribution < 1.29 is 32.2 Å². The fraction of sp³-hybridized carbons (Fsp3) is 0.524. The number of fused-ring (bicyclic) bond motifs is 1. The molecule has 0 radical (unpaired) electrons. The van der Waals surface area contributed by atoms with Gasteiger partial charge in [0.2, 0.25) is 11.5 Å². The third kappa shape index (κ3) is 4.52. The summed E-state index contributed by atoms with van der Waals surface area (Å²) < 4.78 is 39.8. The molecule has 3 aliphatic rings. The Morgan fingerprint density at radius 3 is 2.60 bits per heavy atom. The zero-order chi connectivity index (χ0) is 21.3. The van der Waals surface area contributed by atoms with E-state index in [4.69, 9.17) is 14.2 Å². The molecule has 2 heterocycles. The number of nitrogens with one attached hydrogen (secondary N) is 1. The summed E-state index contributed by atoms with van der Waals surface area (Å²) in [5.74, 6) is 0.00234. The Balaban J connectivity index is 1.36. The minimum atomic E-state index is -3.06. The SMILES string of the molecule is COC1CCC2C(=O)C(Oc3ccc(C(=O)NC4CCS(=O)(=O)C4)cc3)=COC2C1. The minimum Gasteiger partial charge on any atom is -0.493 e. The Bertz CT molecular complexity index is 954. The highest BCUT2D eigenvalue weighted by molar-refractivity contribution is 7.91. The van der Waals surface area contributed by atoms with Gasteiger partial charge in [-0.1, -0.05) is 0 Å². The van der Waals surface area contributed by atoms with Gasteiger partial charge in [0.15, 0.2) is 9.84 Å². The third-order valence-electron chi connectivity index (χ3n) is 5.92. The summed E-state index contributed by atoms with van der Waals surface area (Å²) in [7, 11) is -1.39. The number of hydrogen-bond donors (Lipinski definition) is 1. The van der Waals surface area contributed by atoms with Gasteiger partial charge in [-0.3, -0.25) is 9.59 Å². The average Bonchev–Trinajstić information content (AvgIpc) is 3.08. The lowest BCUT2D eigenvalue weighted by molar-refractivity contribution is -0.133. The molecule has 4 atom stereocenters. The van der Waals surface area contributed by atoms with E-state index < -0.39 is 9.84 Å². The number of rotatable bonds is 5. The van der Waals surface area contributed by atoms with Crippen molar-refractivity contribution in [1.82, 2.24) is 5.32 Å². The van der Waals surface area contributed by atoms with Crippen LogP contribution in [0.3, 0.4) is 0 Å². The van der Waals surface area contributed by atoms with Gasteiger partial charge < -0.3 is 19.5 Å². The molecule has 1 saturated carbocycles. The van der Waals surface area contributed by atoms with Crippen molar-refractivity contribution >= 4 is 21.5 Å². The van der Waals surface area contributed by atoms with Crippen molar-refractivity contribution in [2.24, 2.45) is 5.92 Å². The summed E-state index contributed by atoms with van der Waals surface area (Å²) in [4.78, 5) is 25.1. The van der Waals surface area contributed by atoms with Crippen LogP contribution in [-0.4, -0.2) is 57.0 Å². The highest BCUT2D eigenvalue weighted by Crippen LogP contribution is 2.34. The molecular weight excluding hydrogens is 410 g/mol. The van der Waals surface area contributed by atoms with Gasteiger partial charge in [-0.25, -0.2) is 8.42 Å². The maximum atomic E-state index is 12.8. The molecule has 1 saturated heterocycles. The summed E-state index contributed by atoms with van der Waals surface area (Å²) in [5.41, 5.74) is 0.393. The number of sulfone groups is 1. The van der Waals surface area contributed by atoms with Gasteiger partial charge in [-0.05, 0) is 43.5 Å². The highest BCUT2D eigenvalue weighted by atomic mass is 32.2. The number of hydrogen-bond acceptors (Lipinski definition) is 7. The molecule has 1 amide bonds. The van der Waals surface area contributed by atoms with Crippen molar-refractivity contribution in [3.05, 3.63) is 41.9 Å². The smallest absolute Gasteiger partial charge is 0.251 e. The second-order valence-electron chi connectivity index (χ2n) is 8.00. The molecule has 4 rings (SSSR count). The molecule has 1 aromatic rings. The summed E-state index contributed by atoms with van der Waals surface area (Å²) in [6.07, 6.45) is 3.90. The lowest BCUT2D eigenvalue weighted by Gasteiger charge is -2.36. The van der Waals surface area contributed by atoms with Crippen LogP contribution in [0.5, 0.6) is 5.75 Å². The second kappa shape index (κ2) is 8.39. The Hall–Kier alpha value is -2.39. The van der Waals surface area contributed by atoms with Crippen LogP contribution < -0.4 is 10.1 Å². The first kappa shape index (κ1) is 20.9. The van der Waals surface area contributed by atoms with Crippen LogP contribution in [0.25, 0.3) is 0 Å². The van der Waals surface area contributed by atoms with Crippen molar-refractivity contribution in [2.75, 3.05) is 18.6 Å². The molecule has 0 aromatic heterocycles. The first-order valence-corrected chi connectivity index (χ1v) is 11.9. The number of ether oxygens (including phenoxy) is 3. The highest BCUT2D eigenvalue weighted by Gasteiger charge is 2.41. The summed E-state index contributed by atoms with van der Waals surface area (Å²) in [5, 5.41) is 2.74. The van der Waals surface area contributed by atoms with E-state index >= 15 is 0 Å². The summed E-state index contributed by atoms with van der Waals surface area (Å²) >= 11 is 0. The van der Waals surface area contributed by atoms with Crippen LogP contribution in [0.1, 0.15) is 36.0 Å². The monoisotopic (exact) mass is 435 g/mol. The zero-order valence-electron chi connectivity index (χ0n) is 16.7. The number of methoxy groups -OCH3 is 1. The van der Waals surface area contributed by atoms with E-state index in [0.717, 1.165) is 6.42 Å². The quantitative estimate of drug-likeness (QED) is 0.748. The van der Waals surface area contributed by atoms with Crippen LogP contribution in [0.2, 0.25) is 0 Å². The van der Waals surface area contributed by atoms with E-state index in [9.17, 15) is 18.0 Å². The molecule has 1 aromatic carbocycles. The van der Waals surface area contributed by atoms with Crippen molar-refractivity contribution in [2.45, 2.75) is 43.9 Å². The molecule has 4 unspecified atom stereocenters. The lowest BCUT2D eigenvalue weighted by atomic mass is 9.80. The van der Waals surface area contributed by atoms with E-state index in [-0.39, 0.29) is 53.1 Å². The van der Waals surface area contributed by atoms with Crippen molar-refractivity contribution in [3.63, 3.8) is 0 Å². The molecular formula is C21H25NO7S. The normalized spacial score (nSPS) is 30.0. The average molecular weight is 435 g/mol. The predicted octanol–water partition coefficient (Wildman–Crippen LogP) is 1.61. The van der Waals surface area contributed by atoms with Gasteiger partial charge in [0, 0.05) is 25.1 Å². The Morgan fingerprint density at radius 2 is 1.93 bits per heavy atom. The van der Waals surface area contributed by atoms with Crippen LogP contribution in [0.4, 0.5) is 0 Å². The maximum Gasteiger partial charge on any atom is 0.251 e. The second-order valence-corrected chi connectivity index (χ2v) is 10.2. The molecule has 162 valence electrons. The number of amides is 1. The number of benzene rings is 1. The van der Waals surface area contributed by atoms with Crippen molar-refractivity contribution in [3.8, 4) is 5.75 Å². The maximum absolute atomic E-state index is 12.8. The standard InChI is InChI=1S/C21H25NO7S/c1-27-16-6-7-17-18(10-16)28-11-19(20(17)23)29-15-4-2-13(3-5-15)21(24)22-14-8-9-30(25,26)12-14/h2-5,11,14,16-18H,6-10,12H2,1H3,(H,22,24). The van der Waals surface area contributed by atoms with E-state index in [0.29, 0.717) is 30.6 Å². The van der Waals surface area contributed by atoms with E-state index in [1.54, 1.807) is 31.4 Å². The number of allylic oxidation sites excluding steroid dienone is 1. The van der Waals surface area contributed by atoms with Gasteiger partial charge in [0.05, 0.1) is 23.5 Å². The number of Topliss-reactive ketones (excluding diaryl/α,β-unsaturated/α-hetero) is 1.